The second-order valence-corrected chi connectivity index (χ2v) is 18.4. The molecule has 388 valence electrons. The molecule has 69 heavy (non-hydrogen) atoms. The second-order valence-electron chi connectivity index (χ2n) is 16.1. The van der Waals surface area contributed by atoms with E-state index in [0.717, 1.165) is 81.9 Å². The van der Waals surface area contributed by atoms with E-state index in [1.165, 1.54) is 6.42 Å². The summed E-state index contributed by atoms with van der Waals surface area (Å²) in [4.78, 5) is 70.8. The molecule has 0 heterocycles. The summed E-state index contributed by atoms with van der Waals surface area (Å²) in [5.74, 6) is -4.57. The predicted molar refractivity (Wildman–Crippen MR) is 256 cm³/mol. The molecule has 22 heteroatoms. The molecule has 0 spiro atoms. The fourth-order valence-corrected chi connectivity index (χ4v) is 8.12. The van der Waals surface area contributed by atoms with Crippen molar-refractivity contribution in [3.8, 4) is 5.75 Å². The third-order valence-electron chi connectivity index (χ3n) is 10.4. The maximum absolute atomic E-state index is 12.6. The topological polar surface area (TPSA) is 279 Å². The lowest BCUT2D eigenvalue weighted by molar-refractivity contribution is -0.142. The largest absolute Gasteiger partial charge is 0.481 e. The van der Waals surface area contributed by atoms with Gasteiger partial charge in [-0.2, -0.15) is 8.42 Å². The number of unbranched alkanes of at least 4 members (excludes halogenated alkanes) is 11. The van der Waals surface area contributed by atoms with Gasteiger partial charge in [-0.1, -0.05) is 118 Å². The van der Waals surface area contributed by atoms with E-state index in [2.05, 4.69) is 16.0 Å². The SMILES string of the molecule is O=C(O)CCCCCCCCCCCCCCC(=O)N[C@@H](CCC(=O)NCCOCCOCC(=O)NCCOCCCC(OCC(=O)Oc1c(Cl)cc(Cl)cc1S(=O)(=O)O)c1ccccc1)C(=O)O. The zero-order chi connectivity index (χ0) is 50.7. The standard InChI is InChI=1S/C47H69Cl2N3O16S/c48-36-31-37(49)46(40(32-36)69(61,62)63)68-45(58)34-67-39(35-17-12-11-13-18-35)19-16-26-64-27-25-51-43(55)33-66-30-29-65-28-24-50-41(53)23-22-38(47(59)60)52-42(54)20-14-9-7-5-3-1-2-4-6-8-10-15-21-44(56)57/h11-13,17-18,31-32,38-39H,1-10,14-16,19-30,33-34H2,(H,50,53)(H,51,55)(H,52,54)(H,56,57)(H,59,60)(H,61,62,63)/t38-,39?/m0/s1. The van der Waals surface area contributed by atoms with E-state index in [9.17, 15) is 46.8 Å². The number of benzene rings is 2. The number of esters is 1. The molecule has 0 aliphatic heterocycles. The summed E-state index contributed by atoms with van der Waals surface area (Å²) in [6.45, 7) is 0.623. The molecular formula is C47H69Cl2N3O16S. The molecular weight excluding hydrogens is 965 g/mol. The molecule has 0 fully saturated rings. The van der Waals surface area contributed by atoms with Crippen molar-refractivity contribution in [3.63, 3.8) is 0 Å². The minimum absolute atomic E-state index is 0.0525. The molecule has 19 nitrogen and oxygen atoms in total. The number of amides is 3. The highest BCUT2D eigenvalue weighted by Crippen LogP contribution is 2.35. The van der Waals surface area contributed by atoms with E-state index in [0.29, 0.717) is 25.9 Å². The summed E-state index contributed by atoms with van der Waals surface area (Å²) in [5, 5.41) is 25.6. The summed E-state index contributed by atoms with van der Waals surface area (Å²) in [6, 6.07) is 9.95. The Morgan fingerprint density at radius 3 is 1.77 bits per heavy atom. The van der Waals surface area contributed by atoms with Crippen LogP contribution in [-0.2, 0) is 57.8 Å². The van der Waals surface area contributed by atoms with Crippen molar-refractivity contribution in [1.82, 2.24) is 16.0 Å². The Bertz CT molecular complexity index is 1960. The lowest BCUT2D eigenvalue weighted by atomic mass is 10.0. The van der Waals surface area contributed by atoms with Crippen LogP contribution in [-0.4, -0.2) is 124 Å². The van der Waals surface area contributed by atoms with Crippen LogP contribution < -0.4 is 20.7 Å². The van der Waals surface area contributed by atoms with E-state index in [-0.39, 0.29) is 99.6 Å². The third-order valence-corrected chi connectivity index (χ3v) is 11.7. The molecule has 0 aliphatic carbocycles. The molecule has 2 aromatic rings. The van der Waals surface area contributed by atoms with Gasteiger partial charge in [-0.25, -0.2) is 9.59 Å². The number of nitrogens with one attached hydrogen (secondary N) is 3. The van der Waals surface area contributed by atoms with E-state index in [1.54, 1.807) is 12.1 Å². The van der Waals surface area contributed by atoms with Gasteiger partial charge < -0.3 is 49.8 Å². The summed E-state index contributed by atoms with van der Waals surface area (Å²) >= 11 is 11.9. The van der Waals surface area contributed by atoms with Gasteiger partial charge in [0, 0.05) is 44.0 Å². The Morgan fingerprint density at radius 1 is 0.609 bits per heavy atom. The number of carbonyl (C=O) groups excluding carboxylic acids is 4. The van der Waals surface area contributed by atoms with E-state index in [4.69, 9.17) is 52.0 Å². The Labute approximate surface area is 414 Å². The number of carboxylic acid groups (broad SMARTS) is 2. The van der Waals surface area contributed by atoms with Crippen molar-refractivity contribution in [2.75, 3.05) is 59.3 Å². The van der Waals surface area contributed by atoms with Gasteiger partial charge in [0.05, 0.1) is 37.6 Å². The smallest absolute Gasteiger partial charge is 0.337 e. The summed E-state index contributed by atoms with van der Waals surface area (Å²) in [7, 11) is -4.82. The Balaban J connectivity index is 1.48. The molecule has 2 atom stereocenters. The second kappa shape index (κ2) is 36.5. The van der Waals surface area contributed by atoms with Crippen LogP contribution >= 0.6 is 23.2 Å². The van der Waals surface area contributed by atoms with Crippen LogP contribution in [0.2, 0.25) is 10.0 Å². The van der Waals surface area contributed by atoms with Crippen LogP contribution in [0.15, 0.2) is 47.4 Å². The zero-order valence-corrected chi connectivity index (χ0v) is 41.4. The third kappa shape index (κ3) is 30.1. The number of hydrogen-bond donors (Lipinski definition) is 6. The van der Waals surface area contributed by atoms with Crippen LogP contribution in [0.3, 0.4) is 0 Å². The van der Waals surface area contributed by atoms with E-state index in [1.807, 2.05) is 18.2 Å². The quantitative estimate of drug-likeness (QED) is 0.0172. The maximum atomic E-state index is 12.6. The van der Waals surface area contributed by atoms with Crippen molar-refractivity contribution in [1.29, 1.82) is 0 Å². The highest BCUT2D eigenvalue weighted by Gasteiger charge is 2.25. The molecule has 6 N–H and O–H groups in total. The molecule has 0 saturated heterocycles. The molecule has 0 saturated carbocycles. The Kier molecular flexibility index (Phi) is 32.1. The van der Waals surface area contributed by atoms with E-state index < -0.39 is 57.4 Å². The first-order valence-electron chi connectivity index (χ1n) is 23.4. The molecule has 3 amide bonds. The van der Waals surface area contributed by atoms with Gasteiger partial charge >= 0.3 is 17.9 Å². The van der Waals surface area contributed by atoms with Gasteiger partial charge in [-0.05, 0) is 49.8 Å². The van der Waals surface area contributed by atoms with Gasteiger partial charge in [-0.3, -0.25) is 23.7 Å². The van der Waals surface area contributed by atoms with Crippen LogP contribution in [0, 0.1) is 0 Å². The maximum Gasteiger partial charge on any atom is 0.337 e. The number of rotatable bonds is 41. The van der Waals surface area contributed by atoms with Crippen LogP contribution in [0.4, 0.5) is 0 Å². The fourth-order valence-electron chi connectivity index (χ4n) is 6.80. The molecule has 1 unspecified atom stereocenters. The van der Waals surface area contributed by atoms with Crippen molar-refractivity contribution in [2.24, 2.45) is 0 Å². The fraction of sp³-hybridized carbons (Fsp3) is 0.617. The van der Waals surface area contributed by atoms with Crippen molar-refractivity contribution in [3.05, 3.63) is 58.1 Å². The summed E-state index contributed by atoms with van der Waals surface area (Å²) < 4.78 is 60.4. The average Bonchev–Trinajstić information content (AvgIpc) is 3.29. The zero-order valence-electron chi connectivity index (χ0n) is 39.1. The monoisotopic (exact) mass is 1030 g/mol. The predicted octanol–water partition coefficient (Wildman–Crippen LogP) is 6.86. The van der Waals surface area contributed by atoms with Crippen molar-refractivity contribution in [2.45, 2.75) is 133 Å². The first kappa shape index (κ1) is 60.7. The minimum Gasteiger partial charge on any atom is -0.481 e. The van der Waals surface area contributed by atoms with Gasteiger partial charge in [0.1, 0.15) is 24.2 Å². The minimum atomic E-state index is -4.82. The number of hydrogen-bond acceptors (Lipinski definition) is 13. The molecule has 0 radical (unpaired) electrons. The summed E-state index contributed by atoms with van der Waals surface area (Å²) in [5.41, 5.74) is 0.772. The molecule has 0 aliphatic rings. The Hall–Kier alpha value is -4.41. The van der Waals surface area contributed by atoms with Crippen molar-refractivity contribution >= 4 is 68.9 Å². The number of aliphatic carboxylic acids is 2. The average molecular weight is 1040 g/mol. The van der Waals surface area contributed by atoms with Crippen molar-refractivity contribution < 1.29 is 75.6 Å². The highest BCUT2D eigenvalue weighted by atomic mass is 35.5. The number of ether oxygens (including phenoxy) is 5. The van der Waals surface area contributed by atoms with Gasteiger partial charge in [0.2, 0.25) is 17.7 Å². The molecule has 2 rings (SSSR count). The Morgan fingerprint density at radius 2 is 1.17 bits per heavy atom. The number of carbonyl (C=O) groups is 6. The first-order valence-corrected chi connectivity index (χ1v) is 25.6. The first-order chi connectivity index (χ1) is 33.1. The van der Waals surface area contributed by atoms with Crippen LogP contribution in [0.25, 0.3) is 0 Å². The molecule has 0 bridgehead atoms. The van der Waals surface area contributed by atoms with E-state index >= 15 is 0 Å². The van der Waals surface area contributed by atoms with Gasteiger partial charge in [0.15, 0.2) is 5.75 Å². The lowest BCUT2D eigenvalue weighted by Gasteiger charge is -2.18. The van der Waals surface area contributed by atoms with Crippen LogP contribution in [0.1, 0.15) is 127 Å². The molecule has 0 aromatic heterocycles. The number of halogens is 2. The van der Waals surface area contributed by atoms with Gasteiger partial charge in [-0.15, -0.1) is 0 Å². The number of carboxylic acids is 2. The van der Waals surface area contributed by atoms with Crippen LogP contribution in [0.5, 0.6) is 5.75 Å². The normalized spacial score (nSPS) is 12.2. The molecule has 2 aromatic carbocycles. The lowest BCUT2D eigenvalue weighted by Crippen LogP contribution is -2.41. The van der Waals surface area contributed by atoms with Gasteiger partial charge in [0.25, 0.3) is 10.1 Å². The highest BCUT2D eigenvalue weighted by molar-refractivity contribution is 7.86. The summed E-state index contributed by atoms with van der Waals surface area (Å²) in [6.07, 6.45) is 12.9.